The van der Waals surface area contributed by atoms with Crippen molar-refractivity contribution in [2.45, 2.75) is 32.8 Å². The molecule has 1 atom stereocenters. The van der Waals surface area contributed by atoms with E-state index in [4.69, 9.17) is 4.74 Å². The molecule has 1 aromatic rings. The maximum atomic E-state index is 13.9. The molecule has 0 aromatic heterocycles. The van der Waals surface area contributed by atoms with Crippen molar-refractivity contribution in [1.29, 1.82) is 0 Å². The van der Waals surface area contributed by atoms with E-state index in [9.17, 15) is 22.2 Å². The molecule has 0 fully saturated rings. The number of hydrogen-bond acceptors (Lipinski definition) is 6. The van der Waals surface area contributed by atoms with Gasteiger partial charge in [0, 0.05) is 0 Å². The van der Waals surface area contributed by atoms with Gasteiger partial charge in [0.15, 0.2) is 17.2 Å². The van der Waals surface area contributed by atoms with Crippen LogP contribution in [0.4, 0.5) is 4.39 Å². The van der Waals surface area contributed by atoms with Crippen molar-refractivity contribution in [3.05, 3.63) is 29.6 Å². The van der Waals surface area contributed by atoms with Gasteiger partial charge >= 0.3 is 5.97 Å². The molecule has 8 heteroatoms. The summed E-state index contributed by atoms with van der Waals surface area (Å²) >= 11 is 0. The summed E-state index contributed by atoms with van der Waals surface area (Å²) in [5, 5.41) is 0. The molecular formula is C16H18FO6S-. The normalized spacial score (nSPS) is 13.4. The van der Waals surface area contributed by atoms with Crippen LogP contribution in [0.25, 0.3) is 0 Å². The smallest absolute Gasteiger partial charge is 0.338 e. The number of halogens is 1. The third kappa shape index (κ3) is 6.18. The van der Waals surface area contributed by atoms with Crippen LogP contribution < -0.4 is 4.74 Å². The molecule has 24 heavy (non-hydrogen) atoms. The van der Waals surface area contributed by atoms with Gasteiger partial charge in [-0.25, -0.2) is 17.6 Å². The van der Waals surface area contributed by atoms with E-state index in [2.05, 4.69) is 16.6 Å². The molecule has 0 saturated carbocycles. The van der Waals surface area contributed by atoms with Gasteiger partial charge < -0.3 is 14.0 Å². The van der Waals surface area contributed by atoms with Gasteiger partial charge in [0.2, 0.25) is 0 Å². The second-order valence-corrected chi connectivity index (χ2v) is 6.63. The zero-order valence-electron chi connectivity index (χ0n) is 13.6. The predicted molar refractivity (Wildman–Crippen MR) is 84.0 cm³/mol. The molecule has 0 radical (unpaired) electrons. The average Bonchev–Trinajstić information content (AvgIpc) is 2.48. The molecule has 0 aliphatic rings. The Hall–Kier alpha value is -2.11. The van der Waals surface area contributed by atoms with Crippen LogP contribution in [0.3, 0.4) is 0 Å². The predicted octanol–water partition coefficient (Wildman–Crippen LogP) is 2.10. The summed E-state index contributed by atoms with van der Waals surface area (Å²) in [4.78, 5) is 11.8. The molecule has 0 aliphatic heterocycles. The summed E-state index contributed by atoms with van der Waals surface area (Å²) in [5.41, 5.74) is -0.952. The highest BCUT2D eigenvalue weighted by Crippen LogP contribution is 2.25. The third-order valence-corrected chi connectivity index (χ3v) is 3.80. The maximum Gasteiger partial charge on any atom is 0.338 e. The van der Waals surface area contributed by atoms with E-state index in [1.165, 1.54) is 6.07 Å². The molecule has 1 rings (SSSR count). The molecule has 0 amide bonds. The monoisotopic (exact) mass is 357 g/mol. The summed E-state index contributed by atoms with van der Waals surface area (Å²) in [6, 6.07) is 3.35. The molecule has 1 unspecified atom stereocenters. The summed E-state index contributed by atoms with van der Waals surface area (Å²) in [6.45, 7) is 4.56. The third-order valence-electron chi connectivity index (χ3n) is 3.13. The number of carbonyl (C=O) groups excluding carboxylic acids is 1. The first-order valence-corrected chi connectivity index (χ1v) is 8.71. The van der Waals surface area contributed by atoms with Crippen molar-refractivity contribution in [3.8, 4) is 17.6 Å². The van der Waals surface area contributed by atoms with Gasteiger partial charge in [-0.3, -0.25) is 0 Å². The Balaban J connectivity index is 2.92. The SMILES string of the molecule is CC#CC(C)(CC)Oc1cc(C(=O)OCCS(=O)(=O)[O-])ccc1F. The first kappa shape index (κ1) is 19.9. The van der Waals surface area contributed by atoms with Crippen LogP contribution in [0.15, 0.2) is 18.2 Å². The van der Waals surface area contributed by atoms with Crippen molar-refractivity contribution in [1.82, 2.24) is 0 Å². The number of esters is 1. The zero-order chi connectivity index (χ0) is 18.4. The van der Waals surface area contributed by atoms with Gasteiger partial charge in [-0.15, -0.1) is 5.92 Å². The Kier molecular flexibility index (Phi) is 6.75. The minimum Gasteiger partial charge on any atom is -0.748 e. The Morgan fingerprint density at radius 2 is 2.08 bits per heavy atom. The van der Waals surface area contributed by atoms with Crippen LogP contribution in [-0.2, 0) is 14.9 Å². The first-order chi connectivity index (χ1) is 11.1. The Bertz CT molecular complexity index is 763. The lowest BCUT2D eigenvalue weighted by molar-refractivity contribution is 0.0526. The van der Waals surface area contributed by atoms with Crippen LogP contribution >= 0.6 is 0 Å². The topological polar surface area (TPSA) is 92.7 Å². The highest BCUT2D eigenvalue weighted by molar-refractivity contribution is 7.85. The summed E-state index contributed by atoms with van der Waals surface area (Å²) < 4.78 is 55.6. The number of ether oxygens (including phenoxy) is 2. The van der Waals surface area contributed by atoms with Crippen molar-refractivity contribution < 1.29 is 31.6 Å². The van der Waals surface area contributed by atoms with E-state index < -0.39 is 39.9 Å². The molecule has 0 heterocycles. The molecule has 6 nitrogen and oxygen atoms in total. The molecule has 132 valence electrons. The van der Waals surface area contributed by atoms with Crippen LogP contribution in [0.1, 0.15) is 37.6 Å². The molecule has 0 N–H and O–H groups in total. The number of hydrogen-bond donors (Lipinski definition) is 0. The zero-order valence-corrected chi connectivity index (χ0v) is 14.4. The lowest BCUT2D eigenvalue weighted by Crippen LogP contribution is -2.30. The summed E-state index contributed by atoms with van der Waals surface area (Å²) in [7, 11) is -4.48. The van der Waals surface area contributed by atoms with Gasteiger partial charge in [-0.2, -0.15) is 0 Å². The lowest BCUT2D eigenvalue weighted by atomic mass is 10.0. The average molecular weight is 357 g/mol. The fraction of sp³-hybridized carbons (Fsp3) is 0.438. The maximum absolute atomic E-state index is 13.9. The molecule has 1 aromatic carbocycles. The Morgan fingerprint density at radius 3 is 2.62 bits per heavy atom. The molecular weight excluding hydrogens is 339 g/mol. The van der Waals surface area contributed by atoms with Crippen molar-refractivity contribution >= 4 is 16.1 Å². The van der Waals surface area contributed by atoms with Crippen molar-refractivity contribution in [2.75, 3.05) is 12.4 Å². The summed E-state index contributed by atoms with van der Waals surface area (Å²) in [5.74, 6) is 2.97. The fourth-order valence-corrected chi connectivity index (χ4v) is 2.01. The van der Waals surface area contributed by atoms with Crippen LogP contribution in [0.5, 0.6) is 5.75 Å². The van der Waals surface area contributed by atoms with Crippen LogP contribution in [0, 0.1) is 17.7 Å². The van der Waals surface area contributed by atoms with E-state index in [0.29, 0.717) is 6.42 Å². The second-order valence-electron chi connectivity index (χ2n) is 5.10. The molecule has 0 bridgehead atoms. The lowest BCUT2D eigenvalue weighted by Gasteiger charge is -2.24. The van der Waals surface area contributed by atoms with Gasteiger partial charge in [-0.1, -0.05) is 12.8 Å². The molecule has 0 aliphatic carbocycles. The second kappa shape index (κ2) is 8.13. The van der Waals surface area contributed by atoms with Gasteiger partial charge in [0.1, 0.15) is 6.61 Å². The quantitative estimate of drug-likeness (QED) is 0.421. The highest BCUT2D eigenvalue weighted by atomic mass is 32.2. The standard InChI is InChI=1S/C16H19FO6S/c1-4-8-16(3,5-2)23-14-11-12(6-7-13(14)17)15(18)22-9-10-24(19,20)21/h6-7,11H,5,9-10H2,1-3H3,(H,19,20,21)/p-1. The minimum absolute atomic E-state index is 0.0300. The minimum atomic E-state index is -4.48. The number of benzene rings is 1. The van der Waals surface area contributed by atoms with Gasteiger partial charge in [-0.05, 0) is 38.5 Å². The fourth-order valence-electron chi connectivity index (χ4n) is 1.72. The molecule has 0 saturated heterocycles. The van der Waals surface area contributed by atoms with E-state index in [0.717, 1.165) is 12.1 Å². The van der Waals surface area contributed by atoms with Crippen molar-refractivity contribution in [3.63, 3.8) is 0 Å². The first-order valence-electron chi connectivity index (χ1n) is 7.13. The Morgan fingerprint density at radius 1 is 1.42 bits per heavy atom. The van der Waals surface area contributed by atoms with Crippen LogP contribution in [0.2, 0.25) is 0 Å². The Labute approximate surface area is 140 Å². The van der Waals surface area contributed by atoms with Gasteiger partial charge in [0.05, 0.1) is 21.4 Å². The van der Waals surface area contributed by atoms with E-state index in [1.807, 2.05) is 6.92 Å². The van der Waals surface area contributed by atoms with Crippen molar-refractivity contribution in [2.24, 2.45) is 0 Å². The molecule has 0 spiro atoms. The number of rotatable bonds is 7. The largest absolute Gasteiger partial charge is 0.748 e. The highest BCUT2D eigenvalue weighted by Gasteiger charge is 2.23. The van der Waals surface area contributed by atoms with E-state index in [-0.39, 0.29) is 11.3 Å². The van der Waals surface area contributed by atoms with E-state index in [1.54, 1.807) is 13.8 Å². The van der Waals surface area contributed by atoms with Crippen LogP contribution in [-0.4, -0.2) is 36.9 Å². The summed E-state index contributed by atoms with van der Waals surface area (Å²) in [6.07, 6.45) is 0.489. The van der Waals surface area contributed by atoms with Gasteiger partial charge in [0.25, 0.3) is 0 Å². The van der Waals surface area contributed by atoms with E-state index >= 15 is 0 Å². The number of carbonyl (C=O) groups is 1.